The molecule has 3 amide bonds. The maximum absolute atomic E-state index is 15.6. The first-order chi connectivity index (χ1) is 32.6. The Balaban J connectivity index is 0.659. The number of anilines is 2. The lowest BCUT2D eigenvalue weighted by Gasteiger charge is -2.44. The molecule has 0 spiro atoms. The molecule has 1 unspecified atom stereocenters. The van der Waals surface area contributed by atoms with Gasteiger partial charge in [0.1, 0.15) is 24.2 Å². The molecule has 19 heteroatoms. The summed E-state index contributed by atoms with van der Waals surface area (Å²) in [5.41, 5.74) is 2.37. The minimum Gasteiger partial charge on any atom is -0.362 e. The summed E-state index contributed by atoms with van der Waals surface area (Å²) in [7, 11) is 0. The highest BCUT2D eigenvalue weighted by Gasteiger charge is 2.37. The molecule has 4 saturated heterocycles. The second-order valence-corrected chi connectivity index (χ2v) is 19.4. The summed E-state index contributed by atoms with van der Waals surface area (Å²) in [6, 6.07) is 7.79. The summed E-state index contributed by atoms with van der Waals surface area (Å²) in [5.74, 6) is 6.35. The topological polar surface area (TPSA) is 160 Å². The van der Waals surface area contributed by atoms with Crippen LogP contribution in [0.2, 0.25) is 0 Å². The molecule has 352 valence electrons. The summed E-state index contributed by atoms with van der Waals surface area (Å²) in [6.45, 7) is 7.00. The molecule has 11 rings (SSSR count). The molecule has 4 aliphatic heterocycles. The van der Waals surface area contributed by atoms with Crippen molar-refractivity contribution in [3.8, 4) is 11.8 Å². The summed E-state index contributed by atoms with van der Waals surface area (Å²) in [5, 5.41) is 19.4. The van der Waals surface area contributed by atoms with Gasteiger partial charge in [-0.3, -0.25) is 34.0 Å². The van der Waals surface area contributed by atoms with E-state index in [2.05, 4.69) is 47.4 Å². The van der Waals surface area contributed by atoms with E-state index in [1.165, 1.54) is 36.4 Å². The summed E-state index contributed by atoms with van der Waals surface area (Å²) in [6.07, 6.45) is 7.70. The number of alkyl halides is 3. The van der Waals surface area contributed by atoms with Crippen LogP contribution in [0.4, 0.5) is 24.7 Å². The number of rotatable bonds is 13. The molecule has 0 bridgehead atoms. The van der Waals surface area contributed by atoms with E-state index in [1.54, 1.807) is 10.9 Å². The number of ether oxygens (including phenoxy) is 1. The van der Waals surface area contributed by atoms with E-state index in [4.69, 9.17) is 14.8 Å². The van der Waals surface area contributed by atoms with Gasteiger partial charge >= 0.3 is 0 Å². The van der Waals surface area contributed by atoms with Crippen molar-refractivity contribution in [2.75, 3.05) is 69.2 Å². The van der Waals surface area contributed by atoms with Gasteiger partial charge in [-0.2, -0.15) is 15.3 Å². The largest absolute Gasteiger partial charge is 0.362 e. The number of imide groups is 1. The average Bonchev–Trinajstić information content (AvgIpc) is 3.71. The van der Waals surface area contributed by atoms with Crippen LogP contribution in [0.25, 0.3) is 16.6 Å². The quantitative estimate of drug-likeness (QED) is 0.111. The number of hydrogen-bond acceptors (Lipinski definition) is 11. The molecule has 0 radical (unpaired) electrons. The van der Waals surface area contributed by atoms with E-state index in [0.29, 0.717) is 42.6 Å². The first kappa shape index (κ1) is 43.7. The zero-order chi connectivity index (χ0) is 45.8. The highest BCUT2D eigenvalue weighted by atomic mass is 19.3. The molecule has 8 heterocycles. The Hall–Kier alpha value is -5.84. The van der Waals surface area contributed by atoms with E-state index < -0.39 is 36.2 Å². The van der Waals surface area contributed by atoms with Crippen LogP contribution in [-0.4, -0.2) is 133 Å². The van der Waals surface area contributed by atoms with Crippen LogP contribution in [0.5, 0.6) is 0 Å². The molecule has 4 aromatic heterocycles. The third kappa shape index (κ3) is 9.03. The monoisotopic (exact) mass is 920 g/mol. The van der Waals surface area contributed by atoms with Crippen LogP contribution in [0, 0.1) is 23.7 Å². The summed E-state index contributed by atoms with van der Waals surface area (Å²) >= 11 is 0. The Bertz CT molecular complexity index is 2740. The van der Waals surface area contributed by atoms with E-state index in [1.807, 2.05) is 28.9 Å². The maximum atomic E-state index is 15.6. The maximum Gasteiger partial charge on any atom is 0.284 e. The number of amides is 3. The smallest absolute Gasteiger partial charge is 0.284 e. The van der Waals surface area contributed by atoms with Crippen LogP contribution >= 0.6 is 0 Å². The van der Waals surface area contributed by atoms with Gasteiger partial charge in [0.25, 0.3) is 12.3 Å². The predicted octanol–water partition coefficient (Wildman–Crippen LogP) is 5.67. The molecule has 2 saturated carbocycles. The predicted molar refractivity (Wildman–Crippen MR) is 242 cm³/mol. The van der Waals surface area contributed by atoms with Gasteiger partial charge in [0, 0.05) is 69.4 Å². The lowest BCUT2D eigenvalue weighted by molar-refractivity contribution is -0.134. The Morgan fingerprint density at radius 2 is 1.73 bits per heavy atom. The second kappa shape index (κ2) is 18.3. The average molecular weight is 921 g/mol. The number of fused-ring (bicyclic) bond motifs is 2. The van der Waals surface area contributed by atoms with Crippen LogP contribution < -0.4 is 15.5 Å². The zero-order valence-corrected chi connectivity index (χ0v) is 37.3. The minimum absolute atomic E-state index is 0.0294. The molecule has 2 aliphatic carbocycles. The molecular weight excluding hydrogens is 866 g/mol. The number of carbonyl (C=O) groups is 3. The molecule has 3 atom stereocenters. The normalized spacial score (nSPS) is 25.3. The van der Waals surface area contributed by atoms with Crippen molar-refractivity contribution in [3.63, 3.8) is 0 Å². The highest BCUT2D eigenvalue weighted by Crippen LogP contribution is 2.41. The van der Waals surface area contributed by atoms with Crippen LogP contribution in [-0.2, 0) is 14.3 Å². The molecule has 67 heavy (non-hydrogen) atoms. The summed E-state index contributed by atoms with van der Waals surface area (Å²) < 4.78 is 55.3. The van der Waals surface area contributed by atoms with Crippen molar-refractivity contribution >= 4 is 45.8 Å². The van der Waals surface area contributed by atoms with Gasteiger partial charge in [0.15, 0.2) is 11.3 Å². The molecule has 16 nitrogen and oxygen atoms in total. The van der Waals surface area contributed by atoms with Crippen LogP contribution in [0.3, 0.4) is 0 Å². The molecule has 1 aromatic carbocycles. The molecule has 5 aromatic rings. The fourth-order valence-corrected chi connectivity index (χ4v) is 10.7. The first-order valence-corrected chi connectivity index (χ1v) is 23.9. The van der Waals surface area contributed by atoms with Crippen molar-refractivity contribution in [2.24, 2.45) is 11.8 Å². The van der Waals surface area contributed by atoms with Gasteiger partial charge in [-0.1, -0.05) is 24.0 Å². The second-order valence-electron chi connectivity index (χ2n) is 19.4. The fourth-order valence-electron chi connectivity index (χ4n) is 10.7. The third-order valence-corrected chi connectivity index (χ3v) is 14.6. The van der Waals surface area contributed by atoms with Gasteiger partial charge in [0.2, 0.25) is 11.8 Å². The minimum atomic E-state index is -2.88. The number of likely N-dealkylation sites (tertiary alicyclic amines) is 2. The molecule has 2 N–H and O–H groups in total. The van der Waals surface area contributed by atoms with E-state index in [9.17, 15) is 23.2 Å². The number of carbonyl (C=O) groups excluding carboxylic acids is 3. The van der Waals surface area contributed by atoms with Crippen molar-refractivity contribution < 1.29 is 32.3 Å². The standard InChI is InChI=1S/C48H55F3N12O4/c49-37-27-59(19-15-39(37)67-21-2-5-31-4-1-6-34-42(35-13-14-41(64)55-47(35)65)57-63(44(31)34)33-11-12-33)23-29-7-9-32(10-8-29)62-28-38(43(56-62)45(50)51)53-48(66)36-22-52-61-20-16-40(54-46(36)61)60-25-30(26-60)24-58-17-3-18-58/h1,4,6,16,20,22,28-30,32-33,35,37,39,45H,3,7-15,17-19,21,23-27H2,(H,53,66)(H,55,64,65)/t29?,32?,35?,37-,39+/m0/s1. The number of halogens is 3. The molecule has 6 fully saturated rings. The zero-order valence-electron chi connectivity index (χ0n) is 37.3. The number of hydrogen-bond donors (Lipinski definition) is 2. The van der Waals surface area contributed by atoms with Crippen LogP contribution in [0.15, 0.2) is 42.9 Å². The van der Waals surface area contributed by atoms with E-state index in [-0.39, 0.29) is 54.7 Å². The fraction of sp³-hybridized carbons (Fsp3) is 0.562. The summed E-state index contributed by atoms with van der Waals surface area (Å²) in [4.78, 5) is 49.7. The number of aromatic nitrogens is 7. The number of piperidine rings is 2. The first-order valence-electron chi connectivity index (χ1n) is 23.9. The van der Waals surface area contributed by atoms with Gasteiger partial charge in [-0.25, -0.2) is 22.7 Å². The Morgan fingerprint density at radius 3 is 2.48 bits per heavy atom. The SMILES string of the molecule is O=C1CCC(c2nn(C3CC3)c3c(C#CCO[C@@H]4CCN(CC5CCC(n6cc(NC(=O)c7cnn8ccc(N9CC(CN%10CCC%10)C9)nc78)c(C(F)F)n6)CC5)C[C@@H]4F)cccc23)C(=O)N1. The number of benzene rings is 1. The molecular formula is C48H55F3N12O4. The Kier molecular flexibility index (Phi) is 12.0. The van der Waals surface area contributed by atoms with Gasteiger partial charge < -0.3 is 19.9 Å². The number of nitrogens with zero attached hydrogens (tertiary/aromatic N) is 10. The van der Waals surface area contributed by atoms with Gasteiger partial charge in [0.05, 0.1) is 52.8 Å². The lowest BCUT2D eigenvalue weighted by Crippen LogP contribution is -2.54. The van der Waals surface area contributed by atoms with Crippen molar-refractivity contribution in [1.82, 2.24) is 49.3 Å². The third-order valence-electron chi connectivity index (χ3n) is 14.6. The lowest BCUT2D eigenvalue weighted by atomic mass is 9.85. The Morgan fingerprint density at radius 1 is 0.925 bits per heavy atom. The van der Waals surface area contributed by atoms with Crippen molar-refractivity contribution in [2.45, 2.75) is 101 Å². The highest BCUT2D eigenvalue weighted by molar-refractivity contribution is 6.08. The Labute approximate surface area is 385 Å². The number of para-hydroxylation sites is 1. The van der Waals surface area contributed by atoms with Crippen molar-refractivity contribution in [1.29, 1.82) is 0 Å². The number of nitrogens with one attached hydrogen (secondary N) is 2. The van der Waals surface area contributed by atoms with Crippen molar-refractivity contribution in [3.05, 3.63) is 65.4 Å². The van der Waals surface area contributed by atoms with E-state index in [0.717, 1.165) is 87.0 Å². The van der Waals surface area contributed by atoms with Gasteiger partial charge in [-0.15, -0.1) is 0 Å². The van der Waals surface area contributed by atoms with Gasteiger partial charge in [-0.05, 0) is 88.9 Å². The van der Waals surface area contributed by atoms with E-state index >= 15 is 4.39 Å². The van der Waals surface area contributed by atoms with Crippen LogP contribution in [0.1, 0.15) is 116 Å². The molecule has 6 aliphatic rings.